The van der Waals surface area contributed by atoms with Crippen molar-refractivity contribution in [3.05, 3.63) is 0 Å². The van der Waals surface area contributed by atoms with Gasteiger partial charge >= 0.3 is 48.9 Å². The molecule has 0 saturated heterocycles. The number of carboxylic acid groups (broad SMARTS) is 2. The van der Waals surface area contributed by atoms with E-state index in [2.05, 4.69) is 0 Å². The van der Waals surface area contributed by atoms with Crippen LogP contribution in [0.4, 0.5) is 0 Å². The molecule has 13 heavy (non-hydrogen) atoms. The Morgan fingerprint density at radius 3 is 0.769 bits per heavy atom. The molecule has 0 heterocycles. The Morgan fingerprint density at radius 2 is 0.769 bits per heavy atom. The van der Waals surface area contributed by atoms with Crippen LogP contribution in [0.1, 0.15) is 13.8 Å². The van der Waals surface area contributed by atoms with Gasteiger partial charge in [0.05, 0.1) is 0 Å². The number of aliphatic carboxylic acids is 2. The second kappa shape index (κ2) is 39.5. The molecule has 0 aromatic rings. The maximum absolute atomic E-state index is 8.89. The minimum Gasteiger partial charge on any atom is -0.550 e. The third kappa shape index (κ3) is 10700. The van der Waals surface area contributed by atoms with Gasteiger partial charge in [-0.15, -0.1) is 0 Å². The van der Waals surface area contributed by atoms with Crippen LogP contribution in [0.2, 0.25) is 0 Å². The van der Waals surface area contributed by atoms with Gasteiger partial charge in [-0.2, -0.15) is 0 Å². The zero-order valence-electron chi connectivity index (χ0n) is 7.34. The maximum atomic E-state index is 8.89. The standard InChI is InChI=1S/2C2H4O2.Ba.4H2O/c2*1-2(3)4;;;;;/h2*1H3,(H,3,4);;4*1H2/q;;+2;;;;/p-2. The molecule has 0 bridgehead atoms. The van der Waals surface area contributed by atoms with Crippen LogP contribution in [0.3, 0.4) is 0 Å². The molecule has 0 spiro atoms. The predicted molar refractivity (Wildman–Crippen MR) is 41.6 cm³/mol. The van der Waals surface area contributed by atoms with Crippen molar-refractivity contribution in [2.24, 2.45) is 0 Å². The minimum atomic E-state index is -1.08. The van der Waals surface area contributed by atoms with Gasteiger partial charge in [0.1, 0.15) is 0 Å². The zero-order chi connectivity index (χ0) is 7.15. The number of hydrogen-bond donors (Lipinski definition) is 0. The molecule has 0 fully saturated rings. The van der Waals surface area contributed by atoms with Crippen molar-refractivity contribution in [1.82, 2.24) is 0 Å². The molecule has 0 aliphatic heterocycles. The van der Waals surface area contributed by atoms with Gasteiger partial charge in [0.25, 0.3) is 0 Å². The topological polar surface area (TPSA) is 206 Å². The van der Waals surface area contributed by atoms with Gasteiger partial charge in [0.2, 0.25) is 0 Å². The quantitative estimate of drug-likeness (QED) is 0.397. The van der Waals surface area contributed by atoms with E-state index in [1.807, 2.05) is 0 Å². The van der Waals surface area contributed by atoms with Crippen LogP contribution >= 0.6 is 0 Å². The van der Waals surface area contributed by atoms with Crippen molar-refractivity contribution in [3.63, 3.8) is 0 Å². The van der Waals surface area contributed by atoms with Crippen LogP contribution in [0.15, 0.2) is 0 Å². The second-order valence-corrected chi connectivity index (χ2v) is 0.983. The first-order valence-electron chi connectivity index (χ1n) is 1.82. The molecule has 8 nitrogen and oxygen atoms in total. The summed E-state index contributed by atoms with van der Waals surface area (Å²) in [6.45, 7) is 1.94. The molecule has 0 unspecified atom stereocenters. The first-order valence-corrected chi connectivity index (χ1v) is 1.82. The Labute approximate surface area is 115 Å². The second-order valence-electron chi connectivity index (χ2n) is 0.983. The average molecular weight is 327 g/mol. The monoisotopic (exact) mass is 328 g/mol. The Morgan fingerprint density at radius 1 is 0.769 bits per heavy atom. The van der Waals surface area contributed by atoms with Gasteiger partial charge in [0, 0.05) is 11.9 Å². The van der Waals surface area contributed by atoms with Crippen molar-refractivity contribution < 1.29 is 41.7 Å². The first kappa shape index (κ1) is 50.5. The van der Waals surface area contributed by atoms with E-state index in [1.165, 1.54) is 0 Å². The van der Waals surface area contributed by atoms with Gasteiger partial charge in [-0.1, -0.05) is 0 Å². The number of rotatable bonds is 0. The van der Waals surface area contributed by atoms with Gasteiger partial charge < -0.3 is 41.7 Å². The number of carboxylic acids is 2. The van der Waals surface area contributed by atoms with E-state index in [0.29, 0.717) is 0 Å². The molecule has 8 N–H and O–H groups in total. The van der Waals surface area contributed by atoms with E-state index in [1.54, 1.807) is 0 Å². The average Bonchev–Trinajstić information content (AvgIpc) is 1.25. The summed E-state index contributed by atoms with van der Waals surface area (Å²) in [6.07, 6.45) is 0. The van der Waals surface area contributed by atoms with Gasteiger partial charge in [-0.25, -0.2) is 0 Å². The van der Waals surface area contributed by atoms with Crippen molar-refractivity contribution >= 4 is 60.8 Å². The molecular weight excluding hydrogens is 313 g/mol. The summed E-state index contributed by atoms with van der Waals surface area (Å²) in [5, 5.41) is 17.8. The molecule has 0 saturated carbocycles. The van der Waals surface area contributed by atoms with E-state index in [9.17, 15) is 0 Å². The molecule has 80 valence electrons. The predicted octanol–water partition coefficient (Wildman–Crippen LogP) is -6.17. The fraction of sp³-hybridized carbons (Fsp3) is 0.500. The van der Waals surface area contributed by atoms with Gasteiger partial charge in [0.15, 0.2) is 0 Å². The van der Waals surface area contributed by atoms with E-state index in [4.69, 9.17) is 19.8 Å². The fourth-order valence-corrected chi connectivity index (χ4v) is 0. The summed E-state index contributed by atoms with van der Waals surface area (Å²) in [5.41, 5.74) is 0. The van der Waals surface area contributed by atoms with Crippen molar-refractivity contribution in [1.29, 1.82) is 0 Å². The van der Waals surface area contributed by atoms with Crippen LogP contribution in [-0.2, 0) is 9.59 Å². The summed E-state index contributed by atoms with van der Waals surface area (Å²) in [4.78, 5) is 17.8. The number of carbonyl (C=O) groups excluding carboxylic acids is 2. The molecular formula is C4H14BaO8. The van der Waals surface area contributed by atoms with Crippen LogP contribution in [0.5, 0.6) is 0 Å². The van der Waals surface area contributed by atoms with Crippen LogP contribution in [0, 0.1) is 0 Å². The molecule has 0 radical (unpaired) electrons. The van der Waals surface area contributed by atoms with Crippen molar-refractivity contribution in [3.8, 4) is 0 Å². The third-order valence-corrected chi connectivity index (χ3v) is 0. The van der Waals surface area contributed by atoms with E-state index in [-0.39, 0.29) is 70.8 Å². The van der Waals surface area contributed by atoms with E-state index < -0.39 is 11.9 Å². The van der Waals surface area contributed by atoms with Crippen LogP contribution < -0.4 is 10.2 Å². The molecule has 9 heteroatoms. The number of hydrogen-bond acceptors (Lipinski definition) is 4. The van der Waals surface area contributed by atoms with E-state index >= 15 is 0 Å². The molecule has 0 aromatic heterocycles. The summed E-state index contributed by atoms with van der Waals surface area (Å²) < 4.78 is 0. The third-order valence-electron chi connectivity index (χ3n) is 0. The molecule has 0 amide bonds. The molecule has 0 aliphatic carbocycles. The Bertz CT molecular complexity index is 74.1. The number of carbonyl (C=O) groups is 2. The zero-order valence-corrected chi connectivity index (χ0v) is 11.8. The summed E-state index contributed by atoms with van der Waals surface area (Å²) in [5.74, 6) is -2.17. The van der Waals surface area contributed by atoms with E-state index in [0.717, 1.165) is 13.8 Å². The summed E-state index contributed by atoms with van der Waals surface area (Å²) in [6, 6.07) is 0. The SMILES string of the molecule is CC(=O)[O-].CC(=O)[O-].O.O.O.O.[Ba+2]. The summed E-state index contributed by atoms with van der Waals surface area (Å²) in [7, 11) is 0. The van der Waals surface area contributed by atoms with Gasteiger partial charge in [-0.05, 0) is 13.8 Å². The van der Waals surface area contributed by atoms with Crippen LogP contribution in [0.25, 0.3) is 0 Å². The smallest absolute Gasteiger partial charge is 0.550 e. The Hall–Kier alpha value is 0.351. The van der Waals surface area contributed by atoms with Gasteiger partial charge in [-0.3, -0.25) is 0 Å². The molecule has 0 aromatic carbocycles. The largest absolute Gasteiger partial charge is 2.00 e. The molecule has 0 aliphatic rings. The Balaban J connectivity index is -0.00000000800. The maximum Gasteiger partial charge on any atom is 2.00 e. The van der Waals surface area contributed by atoms with Crippen molar-refractivity contribution in [2.75, 3.05) is 0 Å². The van der Waals surface area contributed by atoms with Crippen LogP contribution in [-0.4, -0.2) is 82.7 Å². The Kier molecular flexibility index (Phi) is 153. The molecule has 0 rings (SSSR count). The minimum absolute atomic E-state index is 0. The van der Waals surface area contributed by atoms with Crippen molar-refractivity contribution in [2.45, 2.75) is 13.8 Å². The summed E-state index contributed by atoms with van der Waals surface area (Å²) >= 11 is 0. The fourth-order valence-electron chi connectivity index (χ4n) is 0. The first-order chi connectivity index (χ1) is 3.46. The normalized spacial score (nSPS) is 3.85. The molecule has 0 atom stereocenters.